The molecule has 0 aliphatic heterocycles. The summed E-state index contributed by atoms with van der Waals surface area (Å²) in [5, 5.41) is -0.441. The summed E-state index contributed by atoms with van der Waals surface area (Å²) in [5.41, 5.74) is 5.56. The molecule has 0 bridgehead atoms. The molecule has 1 aliphatic rings. The summed E-state index contributed by atoms with van der Waals surface area (Å²) in [4.78, 5) is 13.3. The SMILES string of the molecule is C[C@H](N)C(=O)N(C)C1CCCCC1S(C)(=O)=O. The summed E-state index contributed by atoms with van der Waals surface area (Å²) in [6, 6.07) is -0.806. The van der Waals surface area contributed by atoms with Gasteiger partial charge in [-0.05, 0) is 19.8 Å². The Labute approximate surface area is 103 Å². The largest absolute Gasteiger partial charge is 0.340 e. The highest BCUT2D eigenvalue weighted by Crippen LogP contribution is 2.27. The average molecular weight is 262 g/mol. The number of hydrogen-bond acceptors (Lipinski definition) is 4. The maximum Gasteiger partial charge on any atom is 0.239 e. The lowest BCUT2D eigenvalue weighted by atomic mass is 9.93. The molecule has 0 aromatic carbocycles. The molecule has 0 aromatic rings. The molecule has 0 aromatic heterocycles. The van der Waals surface area contributed by atoms with Crippen molar-refractivity contribution >= 4 is 15.7 Å². The fraction of sp³-hybridized carbons (Fsp3) is 0.909. The van der Waals surface area contributed by atoms with Crippen LogP contribution >= 0.6 is 0 Å². The highest BCUT2D eigenvalue weighted by atomic mass is 32.2. The third-order valence-electron chi connectivity index (χ3n) is 3.45. The lowest BCUT2D eigenvalue weighted by Gasteiger charge is -2.37. The molecule has 5 nitrogen and oxygen atoms in total. The number of amides is 1. The zero-order valence-electron chi connectivity index (χ0n) is 10.7. The van der Waals surface area contributed by atoms with E-state index >= 15 is 0 Å². The maximum atomic E-state index is 11.8. The molecule has 0 heterocycles. The van der Waals surface area contributed by atoms with Gasteiger partial charge in [-0.1, -0.05) is 12.8 Å². The van der Waals surface area contributed by atoms with E-state index in [2.05, 4.69) is 0 Å². The van der Waals surface area contributed by atoms with Crippen LogP contribution in [0.5, 0.6) is 0 Å². The van der Waals surface area contributed by atoms with E-state index in [9.17, 15) is 13.2 Å². The van der Waals surface area contributed by atoms with E-state index in [1.54, 1.807) is 14.0 Å². The van der Waals surface area contributed by atoms with Crippen molar-refractivity contribution in [1.29, 1.82) is 0 Å². The molecule has 1 amide bonds. The van der Waals surface area contributed by atoms with Crippen molar-refractivity contribution in [2.75, 3.05) is 13.3 Å². The van der Waals surface area contributed by atoms with E-state index < -0.39 is 21.1 Å². The molecule has 2 N–H and O–H groups in total. The van der Waals surface area contributed by atoms with Crippen molar-refractivity contribution in [2.45, 2.75) is 49.9 Å². The number of carbonyl (C=O) groups is 1. The number of likely N-dealkylation sites (N-methyl/N-ethyl adjacent to an activating group) is 1. The molecule has 0 radical (unpaired) electrons. The van der Waals surface area contributed by atoms with Crippen LogP contribution in [0.15, 0.2) is 0 Å². The van der Waals surface area contributed by atoms with Crippen LogP contribution in [-0.2, 0) is 14.6 Å². The van der Waals surface area contributed by atoms with Gasteiger partial charge in [0.2, 0.25) is 5.91 Å². The monoisotopic (exact) mass is 262 g/mol. The van der Waals surface area contributed by atoms with Crippen LogP contribution in [-0.4, -0.2) is 49.9 Å². The van der Waals surface area contributed by atoms with Crippen molar-refractivity contribution in [3.05, 3.63) is 0 Å². The van der Waals surface area contributed by atoms with Crippen molar-refractivity contribution in [1.82, 2.24) is 4.90 Å². The predicted molar refractivity (Wildman–Crippen MR) is 67.3 cm³/mol. The third-order valence-corrected chi connectivity index (χ3v) is 5.10. The molecule has 100 valence electrons. The molecule has 17 heavy (non-hydrogen) atoms. The van der Waals surface area contributed by atoms with Gasteiger partial charge in [-0.15, -0.1) is 0 Å². The van der Waals surface area contributed by atoms with Crippen LogP contribution in [0.3, 0.4) is 0 Å². The number of nitrogens with zero attached hydrogens (tertiary/aromatic N) is 1. The van der Waals surface area contributed by atoms with Crippen LogP contribution < -0.4 is 5.73 Å². The number of carbonyl (C=O) groups excluding carboxylic acids is 1. The van der Waals surface area contributed by atoms with Crippen LogP contribution in [0.1, 0.15) is 32.6 Å². The quantitative estimate of drug-likeness (QED) is 0.785. The minimum atomic E-state index is -3.11. The first-order valence-corrected chi connectivity index (χ1v) is 7.91. The normalized spacial score (nSPS) is 27.5. The standard InChI is InChI=1S/C11H22N2O3S/c1-8(12)11(14)13(2)9-6-4-5-7-10(9)17(3,15)16/h8-10H,4-7,12H2,1-3H3/t8-,9?,10?/m0/s1. The van der Waals surface area contributed by atoms with E-state index in [1.807, 2.05) is 0 Å². The Morgan fingerprint density at radius 3 is 2.35 bits per heavy atom. The summed E-state index contributed by atoms with van der Waals surface area (Å²) >= 11 is 0. The molecule has 0 spiro atoms. The van der Waals surface area contributed by atoms with Gasteiger partial charge in [0.25, 0.3) is 0 Å². The van der Waals surface area contributed by atoms with E-state index in [0.717, 1.165) is 19.3 Å². The lowest BCUT2D eigenvalue weighted by Crippen LogP contribution is -2.52. The molecule has 2 unspecified atom stereocenters. The van der Waals surface area contributed by atoms with Gasteiger partial charge in [0.15, 0.2) is 9.84 Å². The molecule has 6 heteroatoms. The molecular formula is C11H22N2O3S. The third kappa shape index (κ3) is 3.42. The summed E-state index contributed by atoms with van der Waals surface area (Å²) < 4.78 is 23.4. The van der Waals surface area contributed by atoms with Gasteiger partial charge in [-0.3, -0.25) is 4.79 Å². The van der Waals surface area contributed by atoms with E-state index in [1.165, 1.54) is 11.2 Å². The smallest absolute Gasteiger partial charge is 0.239 e. The van der Waals surface area contributed by atoms with Crippen LogP contribution in [0.4, 0.5) is 0 Å². The zero-order valence-corrected chi connectivity index (χ0v) is 11.5. The minimum absolute atomic E-state index is 0.189. The van der Waals surface area contributed by atoms with Gasteiger partial charge in [0, 0.05) is 19.3 Å². The highest BCUT2D eigenvalue weighted by molar-refractivity contribution is 7.91. The number of sulfone groups is 1. The van der Waals surface area contributed by atoms with E-state index in [-0.39, 0.29) is 11.9 Å². The van der Waals surface area contributed by atoms with Gasteiger partial charge in [-0.25, -0.2) is 8.42 Å². The first-order valence-electron chi connectivity index (χ1n) is 5.96. The number of nitrogens with two attached hydrogens (primary N) is 1. The van der Waals surface area contributed by atoms with Crippen LogP contribution in [0.25, 0.3) is 0 Å². The second-order valence-corrected chi connectivity index (χ2v) is 7.22. The molecule has 3 atom stereocenters. The lowest BCUT2D eigenvalue weighted by molar-refractivity contribution is -0.133. The van der Waals surface area contributed by atoms with Gasteiger partial charge in [0.05, 0.1) is 11.3 Å². The Morgan fingerprint density at radius 1 is 1.35 bits per heavy atom. The van der Waals surface area contributed by atoms with Crippen molar-refractivity contribution in [2.24, 2.45) is 5.73 Å². The van der Waals surface area contributed by atoms with Crippen molar-refractivity contribution < 1.29 is 13.2 Å². The Bertz CT molecular complexity index is 378. The second-order valence-electron chi connectivity index (χ2n) is 4.96. The molecule has 1 fully saturated rings. The summed E-state index contributed by atoms with van der Waals surface area (Å²) in [6.07, 6.45) is 4.51. The first kappa shape index (κ1) is 14.4. The topological polar surface area (TPSA) is 80.5 Å². The van der Waals surface area contributed by atoms with Gasteiger partial charge in [0.1, 0.15) is 0 Å². The summed E-state index contributed by atoms with van der Waals surface area (Å²) in [7, 11) is -1.46. The molecule has 1 saturated carbocycles. The van der Waals surface area contributed by atoms with Crippen molar-refractivity contribution in [3.8, 4) is 0 Å². The fourth-order valence-electron chi connectivity index (χ4n) is 2.50. The number of rotatable bonds is 3. The predicted octanol–water partition coefficient (Wildman–Crippen LogP) is 0.148. The molecule has 0 saturated heterocycles. The van der Waals surface area contributed by atoms with E-state index in [0.29, 0.717) is 6.42 Å². The van der Waals surface area contributed by atoms with Crippen molar-refractivity contribution in [3.63, 3.8) is 0 Å². The maximum absolute atomic E-state index is 11.8. The minimum Gasteiger partial charge on any atom is -0.340 e. The number of hydrogen-bond donors (Lipinski definition) is 1. The Hall–Kier alpha value is -0.620. The van der Waals surface area contributed by atoms with E-state index in [4.69, 9.17) is 5.73 Å². The fourth-order valence-corrected chi connectivity index (χ4v) is 3.99. The van der Waals surface area contributed by atoms with Gasteiger partial charge >= 0.3 is 0 Å². The van der Waals surface area contributed by atoms with Crippen LogP contribution in [0, 0.1) is 0 Å². The van der Waals surface area contributed by atoms with Gasteiger partial charge < -0.3 is 10.6 Å². The average Bonchev–Trinajstić information content (AvgIpc) is 2.25. The first-order chi connectivity index (χ1) is 7.75. The Balaban J connectivity index is 2.89. The highest BCUT2D eigenvalue weighted by Gasteiger charge is 2.37. The van der Waals surface area contributed by atoms with Crippen LogP contribution in [0.2, 0.25) is 0 Å². The summed E-state index contributed by atoms with van der Waals surface area (Å²) in [6.45, 7) is 1.62. The molecular weight excluding hydrogens is 240 g/mol. The van der Waals surface area contributed by atoms with Gasteiger partial charge in [-0.2, -0.15) is 0 Å². The molecule has 1 rings (SSSR count). The summed E-state index contributed by atoms with van der Waals surface area (Å²) in [5.74, 6) is -0.189. The molecule has 1 aliphatic carbocycles. The second kappa shape index (κ2) is 5.35. The zero-order chi connectivity index (χ0) is 13.2. The Morgan fingerprint density at radius 2 is 1.88 bits per heavy atom. The Kier molecular flexibility index (Phi) is 4.55.